The highest BCUT2D eigenvalue weighted by Crippen LogP contribution is 2.54. The lowest BCUT2D eigenvalue weighted by molar-refractivity contribution is -0.385. The molecule has 26 heavy (non-hydrogen) atoms. The number of nitro groups is 1. The van der Waals surface area contributed by atoms with E-state index in [1.165, 1.54) is 24.3 Å². The molecule has 1 aliphatic carbocycles. The number of fused-ring (bicyclic) bond motifs is 3. The molecule has 0 spiro atoms. The Labute approximate surface area is 154 Å². The highest BCUT2D eigenvalue weighted by molar-refractivity contribution is 6.33. The molecule has 0 amide bonds. The Morgan fingerprint density at radius 2 is 1.92 bits per heavy atom. The molecule has 0 fully saturated rings. The van der Waals surface area contributed by atoms with Crippen LogP contribution in [0.3, 0.4) is 0 Å². The predicted molar refractivity (Wildman–Crippen MR) is 95.2 cm³/mol. The first-order valence-corrected chi connectivity index (χ1v) is 8.56. The van der Waals surface area contributed by atoms with Crippen molar-refractivity contribution < 1.29 is 14.8 Å². The summed E-state index contributed by atoms with van der Waals surface area (Å²) in [5.41, 5.74) is 2.26. The lowest BCUT2D eigenvalue weighted by atomic mass is 9.76. The van der Waals surface area contributed by atoms with Gasteiger partial charge in [0.15, 0.2) is 0 Å². The Morgan fingerprint density at radius 1 is 1.19 bits per heavy atom. The summed E-state index contributed by atoms with van der Waals surface area (Å²) in [6, 6.07) is 9.35. The molecule has 0 bridgehead atoms. The second-order valence-electron chi connectivity index (χ2n) is 6.50. The molecule has 1 heterocycles. The van der Waals surface area contributed by atoms with Gasteiger partial charge in [0.05, 0.1) is 33.2 Å². The normalized spacial score (nSPS) is 23.0. The molecular formula is C19H14ClN2O4-. The van der Waals surface area contributed by atoms with E-state index in [2.05, 4.69) is 5.32 Å². The van der Waals surface area contributed by atoms with E-state index in [0.717, 1.165) is 12.0 Å². The number of allylic oxidation sites excluding steroid dienone is 2. The second kappa shape index (κ2) is 6.14. The first kappa shape index (κ1) is 16.6. The van der Waals surface area contributed by atoms with Gasteiger partial charge in [-0.05, 0) is 29.5 Å². The van der Waals surface area contributed by atoms with Crippen molar-refractivity contribution in [2.45, 2.75) is 18.4 Å². The van der Waals surface area contributed by atoms with Crippen LogP contribution in [0.25, 0.3) is 0 Å². The molecule has 3 atom stereocenters. The van der Waals surface area contributed by atoms with Crippen LogP contribution in [0.5, 0.6) is 0 Å². The standard InChI is InChI=1S/C19H15ClN2O4/c20-14-8-9-15(22(25)26)16-12-2-1-3-13(12)17(21-18(14)16)10-4-6-11(7-5-10)19(23)24/h1-2,4-9,12-13,17,21H,3H2,(H,23,24)/p-1/t12-,13+,17-/m0/s1. The fourth-order valence-corrected chi connectivity index (χ4v) is 4.19. The summed E-state index contributed by atoms with van der Waals surface area (Å²) in [6.45, 7) is 0. The Bertz CT molecular complexity index is 939. The number of benzene rings is 2. The number of nitrogens with zero attached hydrogens (tertiary/aromatic N) is 1. The van der Waals surface area contributed by atoms with Crippen molar-refractivity contribution >= 4 is 28.9 Å². The molecule has 0 saturated carbocycles. The summed E-state index contributed by atoms with van der Waals surface area (Å²) in [5.74, 6) is -1.25. The van der Waals surface area contributed by atoms with Gasteiger partial charge in [-0.3, -0.25) is 10.1 Å². The quantitative estimate of drug-likeness (QED) is 0.508. The number of nitrogens with one attached hydrogen (secondary N) is 1. The van der Waals surface area contributed by atoms with Crippen LogP contribution in [0.1, 0.15) is 39.9 Å². The number of carboxylic acid groups (broad SMARTS) is 1. The van der Waals surface area contributed by atoms with E-state index < -0.39 is 5.97 Å². The van der Waals surface area contributed by atoms with E-state index in [0.29, 0.717) is 16.3 Å². The zero-order valence-corrected chi connectivity index (χ0v) is 14.3. The van der Waals surface area contributed by atoms with Crippen LogP contribution < -0.4 is 10.4 Å². The number of halogens is 1. The summed E-state index contributed by atoms with van der Waals surface area (Å²) in [4.78, 5) is 22.1. The van der Waals surface area contributed by atoms with Gasteiger partial charge in [-0.1, -0.05) is 48.0 Å². The molecule has 4 rings (SSSR count). The molecule has 0 unspecified atom stereocenters. The summed E-state index contributed by atoms with van der Waals surface area (Å²) in [5, 5.41) is 26.2. The summed E-state index contributed by atoms with van der Waals surface area (Å²) in [6.07, 6.45) is 4.79. The van der Waals surface area contributed by atoms with Crippen molar-refractivity contribution in [3.8, 4) is 0 Å². The van der Waals surface area contributed by atoms with Crippen molar-refractivity contribution in [2.75, 3.05) is 5.32 Å². The average Bonchev–Trinajstić information content (AvgIpc) is 3.11. The topological polar surface area (TPSA) is 95.3 Å². The van der Waals surface area contributed by atoms with E-state index in [1.54, 1.807) is 12.1 Å². The van der Waals surface area contributed by atoms with Crippen molar-refractivity contribution in [1.82, 2.24) is 0 Å². The minimum Gasteiger partial charge on any atom is -0.545 e. The van der Waals surface area contributed by atoms with E-state index in [1.807, 2.05) is 12.2 Å². The van der Waals surface area contributed by atoms with Crippen LogP contribution in [0, 0.1) is 16.0 Å². The van der Waals surface area contributed by atoms with Crippen LogP contribution in [0.4, 0.5) is 11.4 Å². The van der Waals surface area contributed by atoms with Crippen molar-refractivity contribution in [3.05, 3.63) is 80.4 Å². The third-order valence-electron chi connectivity index (χ3n) is 5.15. The van der Waals surface area contributed by atoms with E-state index in [4.69, 9.17) is 11.6 Å². The fraction of sp³-hybridized carbons (Fsp3) is 0.211. The Hall–Kier alpha value is -2.86. The zero-order chi connectivity index (χ0) is 18.4. The van der Waals surface area contributed by atoms with E-state index in [9.17, 15) is 20.0 Å². The third-order valence-corrected chi connectivity index (χ3v) is 5.46. The SMILES string of the molecule is O=C([O-])c1ccc([C@@H]2Nc3c(Cl)ccc([N+](=O)[O-])c3[C@H]3C=CC[C@H]32)cc1. The van der Waals surface area contributed by atoms with Crippen LogP contribution >= 0.6 is 11.6 Å². The van der Waals surface area contributed by atoms with Crippen molar-refractivity contribution in [3.63, 3.8) is 0 Å². The number of rotatable bonds is 3. The number of hydrogen-bond acceptors (Lipinski definition) is 5. The van der Waals surface area contributed by atoms with Gasteiger partial charge in [0.2, 0.25) is 0 Å². The monoisotopic (exact) mass is 369 g/mol. The summed E-state index contributed by atoms with van der Waals surface area (Å²) in [7, 11) is 0. The number of hydrogen-bond donors (Lipinski definition) is 1. The fourth-order valence-electron chi connectivity index (χ4n) is 3.97. The van der Waals surface area contributed by atoms with Gasteiger partial charge in [-0.15, -0.1) is 0 Å². The first-order chi connectivity index (χ1) is 12.5. The Morgan fingerprint density at radius 3 is 2.58 bits per heavy atom. The maximum atomic E-state index is 11.5. The van der Waals surface area contributed by atoms with Crippen molar-refractivity contribution in [1.29, 1.82) is 0 Å². The lowest BCUT2D eigenvalue weighted by Gasteiger charge is -2.37. The molecule has 0 radical (unpaired) electrons. The van der Waals surface area contributed by atoms with Gasteiger partial charge < -0.3 is 15.2 Å². The van der Waals surface area contributed by atoms with Gasteiger partial charge in [-0.2, -0.15) is 0 Å². The highest BCUT2D eigenvalue weighted by atomic mass is 35.5. The molecule has 6 nitrogen and oxygen atoms in total. The number of carbonyl (C=O) groups excluding carboxylic acids is 1. The summed E-state index contributed by atoms with van der Waals surface area (Å²) >= 11 is 6.33. The molecule has 2 aromatic rings. The number of aromatic carboxylic acids is 1. The Balaban J connectivity index is 1.81. The van der Waals surface area contributed by atoms with E-state index in [-0.39, 0.29) is 34.1 Å². The first-order valence-electron chi connectivity index (χ1n) is 8.18. The molecule has 2 aliphatic rings. The molecule has 132 valence electrons. The largest absolute Gasteiger partial charge is 0.545 e. The van der Waals surface area contributed by atoms with Gasteiger partial charge >= 0.3 is 0 Å². The molecule has 1 N–H and O–H groups in total. The molecule has 1 aliphatic heterocycles. The van der Waals surface area contributed by atoms with Crippen molar-refractivity contribution in [2.24, 2.45) is 5.92 Å². The maximum Gasteiger partial charge on any atom is 0.275 e. The van der Waals surface area contributed by atoms with Gasteiger partial charge in [0.25, 0.3) is 5.69 Å². The summed E-state index contributed by atoms with van der Waals surface area (Å²) < 4.78 is 0. The number of nitro benzene ring substituents is 1. The molecular weight excluding hydrogens is 356 g/mol. The van der Waals surface area contributed by atoms with Gasteiger partial charge in [-0.25, -0.2) is 0 Å². The minimum absolute atomic E-state index is 0.0594. The van der Waals surface area contributed by atoms with Crippen LogP contribution in [0.15, 0.2) is 48.6 Å². The average molecular weight is 370 g/mol. The number of carbonyl (C=O) groups is 1. The highest BCUT2D eigenvalue weighted by Gasteiger charge is 2.42. The van der Waals surface area contributed by atoms with E-state index >= 15 is 0 Å². The molecule has 7 heteroatoms. The maximum absolute atomic E-state index is 11.5. The number of anilines is 1. The van der Waals surface area contributed by atoms with Gasteiger partial charge in [0.1, 0.15) is 0 Å². The number of carboxylic acids is 1. The van der Waals surface area contributed by atoms with Gasteiger partial charge in [0, 0.05) is 12.0 Å². The third kappa shape index (κ3) is 2.54. The molecule has 2 aromatic carbocycles. The smallest absolute Gasteiger partial charge is 0.275 e. The lowest BCUT2D eigenvalue weighted by Crippen LogP contribution is -2.30. The minimum atomic E-state index is -1.22. The van der Waals surface area contributed by atoms with Crippen LogP contribution in [0.2, 0.25) is 5.02 Å². The molecule has 0 aromatic heterocycles. The second-order valence-corrected chi connectivity index (χ2v) is 6.90. The Kier molecular flexibility index (Phi) is 3.92. The molecule has 0 saturated heterocycles. The predicted octanol–water partition coefficient (Wildman–Crippen LogP) is 3.44. The zero-order valence-electron chi connectivity index (χ0n) is 13.5. The van der Waals surface area contributed by atoms with Crippen LogP contribution in [-0.2, 0) is 0 Å². The van der Waals surface area contributed by atoms with Crippen LogP contribution in [-0.4, -0.2) is 10.9 Å².